The average molecular weight is 482 g/mol. The van der Waals surface area contributed by atoms with Crippen molar-refractivity contribution in [3.63, 3.8) is 0 Å². The molecule has 0 radical (unpaired) electrons. The van der Waals surface area contributed by atoms with Crippen LogP contribution >= 0.6 is 24.0 Å². The van der Waals surface area contributed by atoms with Gasteiger partial charge in [0.2, 0.25) is 0 Å². The fourth-order valence-corrected chi connectivity index (χ4v) is 2.71. The fourth-order valence-electron chi connectivity index (χ4n) is 2.71. The first-order valence-electron chi connectivity index (χ1n) is 8.49. The second kappa shape index (κ2) is 9.12. The summed E-state index contributed by atoms with van der Waals surface area (Å²) in [5.74, 6) is 1.23. The summed E-state index contributed by atoms with van der Waals surface area (Å²) in [6, 6.07) is 12.5. The maximum absolute atomic E-state index is 13.5. The molecular formula is C19H24FIN6. The SMILES string of the molecule is CN=C(NCc1nnc2ccccn12)NCC(C)(C)c1cccc(F)c1.I. The Kier molecular flexibility index (Phi) is 7.11. The highest BCUT2D eigenvalue weighted by molar-refractivity contribution is 14.0. The molecule has 0 fully saturated rings. The Morgan fingerprint density at radius 1 is 1.15 bits per heavy atom. The lowest BCUT2D eigenvalue weighted by Gasteiger charge is -2.26. The summed E-state index contributed by atoms with van der Waals surface area (Å²) >= 11 is 0. The number of fused-ring (bicyclic) bond motifs is 1. The average Bonchev–Trinajstić information content (AvgIpc) is 3.05. The van der Waals surface area contributed by atoms with Crippen LogP contribution in [0, 0.1) is 5.82 Å². The van der Waals surface area contributed by atoms with E-state index in [4.69, 9.17) is 0 Å². The Labute approximate surface area is 175 Å². The van der Waals surface area contributed by atoms with E-state index < -0.39 is 0 Å². The molecule has 3 aromatic rings. The van der Waals surface area contributed by atoms with Gasteiger partial charge in [-0.15, -0.1) is 34.2 Å². The van der Waals surface area contributed by atoms with Gasteiger partial charge < -0.3 is 10.6 Å². The van der Waals surface area contributed by atoms with Gasteiger partial charge in [0.25, 0.3) is 0 Å². The van der Waals surface area contributed by atoms with Gasteiger partial charge in [-0.25, -0.2) is 4.39 Å². The second-order valence-corrected chi connectivity index (χ2v) is 6.72. The molecule has 0 aliphatic heterocycles. The van der Waals surface area contributed by atoms with Crippen LogP contribution in [-0.2, 0) is 12.0 Å². The lowest BCUT2D eigenvalue weighted by Crippen LogP contribution is -2.43. The minimum Gasteiger partial charge on any atom is -0.356 e. The molecule has 2 aromatic heterocycles. The van der Waals surface area contributed by atoms with Crippen molar-refractivity contribution in [2.45, 2.75) is 25.8 Å². The van der Waals surface area contributed by atoms with Gasteiger partial charge in [-0.1, -0.05) is 32.0 Å². The molecule has 0 aliphatic rings. The maximum Gasteiger partial charge on any atom is 0.191 e. The molecule has 8 heteroatoms. The number of benzene rings is 1. The standard InChI is InChI=1S/C19H23FN6.HI/c1-19(2,14-7-6-8-15(20)11-14)13-23-18(21-3)22-12-17-25-24-16-9-4-5-10-26(16)17;/h4-11H,12-13H2,1-3H3,(H2,21,22,23);1H. The number of rotatable bonds is 5. The van der Waals surface area contributed by atoms with Gasteiger partial charge in [0.15, 0.2) is 17.4 Å². The van der Waals surface area contributed by atoms with E-state index in [0.717, 1.165) is 17.0 Å². The predicted molar refractivity (Wildman–Crippen MR) is 116 cm³/mol. The summed E-state index contributed by atoms with van der Waals surface area (Å²) in [5, 5.41) is 14.9. The van der Waals surface area contributed by atoms with E-state index in [9.17, 15) is 4.39 Å². The van der Waals surface area contributed by atoms with Crippen molar-refractivity contribution in [2.24, 2.45) is 4.99 Å². The Hall–Kier alpha value is -2.23. The molecule has 0 unspecified atom stereocenters. The van der Waals surface area contributed by atoms with Crippen molar-refractivity contribution < 1.29 is 4.39 Å². The molecule has 6 nitrogen and oxygen atoms in total. The van der Waals surface area contributed by atoms with Gasteiger partial charge in [-0.05, 0) is 29.8 Å². The number of hydrogen-bond donors (Lipinski definition) is 2. The number of aliphatic imine (C=N–C) groups is 1. The first kappa shape index (κ1) is 21.1. The third-order valence-electron chi connectivity index (χ3n) is 4.33. The van der Waals surface area contributed by atoms with E-state index in [0.29, 0.717) is 19.0 Å². The van der Waals surface area contributed by atoms with Crippen LogP contribution < -0.4 is 10.6 Å². The van der Waals surface area contributed by atoms with Crippen molar-refractivity contribution in [3.05, 3.63) is 65.9 Å². The summed E-state index contributed by atoms with van der Waals surface area (Å²) in [6.07, 6.45) is 1.93. The maximum atomic E-state index is 13.5. The smallest absolute Gasteiger partial charge is 0.191 e. The summed E-state index contributed by atoms with van der Waals surface area (Å²) in [4.78, 5) is 4.24. The number of aromatic nitrogens is 3. The van der Waals surface area contributed by atoms with Crippen LogP contribution in [0.1, 0.15) is 25.2 Å². The highest BCUT2D eigenvalue weighted by Crippen LogP contribution is 2.22. The van der Waals surface area contributed by atoms with E-state index in [1.165, 1.54) is 6.07 Å². The Morgan fingerprint density at radius 3 is 2.70 bits per heavy atom. The zero-order chi connectivity index (χ0) is 18.6. The molecule has 3 rings (SSSR count). The molecular weight excluding hydrogens is 458 g/mol. The zero-order valence-corrected chi connectivity index (χ0v) is 17.9. The third kappa shape index (κ3) is 5.15. The van der Waals surface area contributed by atoms with Gasteiger partial charge in [-0.3, -0.25) is 9.39 Å². The molecule has 0 saturated carbocycles. The van der Waals surface area contributed by atoms with Crippen LogP contribution in [0.4, 0.5) is 4.39 Å². The minimum atomic E-state index is -0.249. The van der Waals surface area contributed by atoms with E-state index in [1.54, 1.807) is 19.2 Å². The summed E-state index contributed by atoms with van der Waals surface area (Å²) in [7, 11) is 1.71. The molecule has 0 amide bonds. The quantitative estimate of drug-likeness (QED) is 0.333. The highest BCUT2D eigenvalue weighted by atomic mass is 127. The number of halogens is 2. The molecule has 0 saturated heterocycles. The van der Waals surface area contributed by atoms with Crippen molar-refractivity contribution in [2.75, 3.05) is 13.6 Å². The third-order valence-corrected chi connectivity index (χ3v) is 4.33. The lowest BCUT2D eigenvalue weighted by molar-refractivity contribution is 0.503. The Morgan fingerprint density at radius 2 is 1.96 bits per heavy atom. The molecule has 0 atom stereocenters. The lowest BCUT2D eigenvalue weighted by atomic mass is 9.84. The van der Waals surface area contributed by atoms with Crippen molar-refractivity contribution in [3.8, 4) is 0 Å². The van der Waals surface area contributed by atoms with Crippen LogP contribution in [0.25, 0.3) is 5.65 Å². The van der Waals surface area contributed by atoms with Gasteiger partial charge >= 0.3 is 0 Å². The first-order valence-corrected chi connectivity index (χ1v) is 8.49. The Balaban J connectivity index is 0.00000261. The molecule has 27 heavy (non-hydrogen) atoms. The highest BCUT2D eigenvalue weighted by Gasteiger charge is 2.21. The molecule has 2 N–H and O–H groups in total. The first-order chi connectivity index (χ1) is 12.5. The molecule has 2 heterocycles. The monoisotopic (exact) mass is 482 g/mol. The van der Waals surface area contributed by atoms with E-state index in [2.05, 4.69) is 39.7 Å². The van der Waals surface area contributed by atoms with Crippen molar-refractivity contribution in [1.29, 1.82) is 0 Å². The van der Waals surface area contributed by atoms with Gasteiger partial charge in [0, 0.05) is 25.2 Å². The molecule has 0 bridgehead atoms. The molecule has 0 aliphatic carbocycles. The number of guanidine groups is 1. The van der Waals surface area contributed by atoms with Gasteiger partial charge in [0.05, 0.1) is 6.54 Å². The number of hydrogen-bond acceptors (Lipinski definition) is 3. The fraction of sp³-hybridized carbons (Fsp3) is 0.316. The van der Waals surface area contributed by atoms with Crippen LogP contribution in [-0.4, -0.2) is 34.2 Å². The van der Waals surface area contributed by atoms with Crippen LogP contribution in [0.3, 0.4) is 0 Å². The molecule has 0 spiro atoms. The van der Waals surface area contributed by atoms with E-state index >= 15 is 0 Å². The van der Waals surface area contributed by atoms with Gasteiger partial charge in [-0.2, -0.15) is 0 Å². The zero-order valence-electron chi connectivity index (χ0n) is 15.6. The molecule has 144 valence electrons. The normalized spacial score (nSPS) is 11.9. The van der Waals surface area contributed by atoms with Crippen LogP contribution in [0.15, 0.2) is 53.7 Å². The van der Waals surface area contributed by atoms with Crippen LogP contribution in [0.5, 0.6) is 0 Å². The predicted octanol–water partition coefficient (Wildman–Crippen LogP) is 3.13. The topological polar surface area (TPSA) is 66.6 Å². The number of nitrogens with zero attached hydrogens (tertiary/aromatic N) is 4. The minimum absolute atomic E-state index is 0. The van der Waals surface area contributed by atoms with E-state index in [1.807, 2.05) is 34.9 Å². The van der Waals surface area contributed by atoms with Crippen molar-refractivity contribution in [1.82, 2.24) is 25.2 Å². The van der Waals surface area contributed by atoms with Gasteiger partial charge in [0.1, 0.15) is 5.82 Å². The van der Waals surface area contributed by atoms with Crippen LogP contribution in [0.2, 0.25) is 0 Å². The summed E-state index contributed by atoms with van der Waals surface area (Å²) < 4.78 is 15.4. The number of pyridine rings is 1. The summed E-state index contributed by atoms with van der Waals surface area (Å²) in [6.45, 7) is 5.23. The molecule has 1 aromatic carbocycles. The van der Waals surface area contributed by atoms with Crippen molar-refractivity contribution >= 4 is 35.6 Å². The van der Waals surface area contributed by atoms with E-state index in [-0.39, 0.29) is 35.2 Å². The number of nitrogens with one attached hydrogen (secondary N) is 2. The second-order valence-electron chi connectivity index (χ2n) is 6.72. The largest absolute Gasteiger partial charge is 0.356 e. The summed E-state index contributed by atoms with van der Waals surface area (Å²) in [5.41, 5.74) is 1.49. The Bertz CT molecular complexity index is 921.